The SMILES string of the molecule is Brc1c(Br)c2oc1c(Br)c2Br. The maximum absolute atomic E-state index is 5.42. The van der Waals surface area contributed by atoms with Crippen LogP contribution in [0.1, 0.15) is 0 Å². The summed E-state index contributed by atoms with van der Waals surface area (Å²) in [6.45, 7) is 0. The number of hydrogen-bond donors (Lipinski definition) is 0. The van der Waals surface area contributed by atoms with E-state index < -0.39 is 0 Å². The van der Waals surface area contributed by atoms with E-state index in [1.807, 2.05) is 0 Å². The van der Waals surface area contributed by atoms with Crippen LogP contribution in [0.5, 0.6) is 0 Å². The lowest BCUT2D eigenvalue weighted by molar-refractivity contribution is 0.671. The van der Waals surface area contributed by atoms with Crippen molar-refractivity contribution < 1.29 is 4.42 Å². The predicted octanol–water partition coefficient (Wildman–Crippen LogP) is 4.92. The molecule has 0 saturated carbocycles. The van der Waals surface area contributed by atoms with Crippen LogP contribution >= 0.6 is 63.7 Å². The molecule has 0 aliphatic heterocycles. The standard InChI is InChI=1S/C6Br4O/c7-1-2(8)6-4(10)3(9)5(1)11-6. The Kier molecular flexibility index (Phi) is 2.11. The van der Waals surface area contributed by atoms with Crippen LogP contribution in [0.3, 0.4) is 0 Å². The maximum atomic E-state index is 5.42. The Morgan fingerprint density at radius 1 is 0.636 bits per heavy atom. The van der Waals surface area contributed by atoms with Crippen LogP contribution in [0.4, 0.5) is 0 Å². The molecular weight excluding hydrogens is 408 g/mol. The van der Waals surface area contributed by atoms with Gasteiger partial charge >= 0.3 is 0 Å². The third-order valence-corrected chi connectivity index (χ3v) is 5.48. The highest BCUT2D eigenvalue weighted by molar-refractivity contribution is 9.14. The van der Waals surface area contributed by atoms with Crippen molar-refractivity contribution in [2.24, 2.45) is 0 Å². The summed E-state index contributed by atoms with van der Waals surface area (Å²) < 4.78 is 9.26. The molecule has 0 N–H and O–H groups in total. The van der Waals surface area contributed by atoms with E-state index in [9.17, 15) is 0 Å². The van der Waals surface area contributed by atoms with Gasteiger partial charge in [0.25, 0.3) is 0 Å². The summed E-state index contributed by atoms with van der Waals surface area (Å²) in [5, 5.41) is 0. The molecule has 2 aromatic heterocycles. The molecule has 0 aliphatic carbocycles. The van der Waals surface area contributed by atoms with Gasteiger partial charge in [-0.1, -0.05) is 0 Å². The van der Waals surface area contributed by atoms with E-state index in [0.717, 1.165) is 29.1 Å². The van der Waals surface area contributed by atoms with Crippen LogP contribution in [0.15, 0.2) is 22.3 Å². The van der Waals surface area contributed by atoms with Gasteiger partial charge in [-0.25, -0.2) is 0 Å². The van der Waals surface area contributed by atoms with Crippen LogP contribution in [0, 0.1) is 0 Å². The zero-order chi connectivity index (χ0) is 8.17. The number of hydrogen-bond acceptors (Lipinski definition) is 1. The third kappa shape index (κ3) is 1.04. The predicted molar refractivity (Wildman–Crippen MR) is 58.2 cm³/mol. The fourth-order valence-corrected chi connectivity index (χ4v) is 3.24. The van der Waals surface area contributed by atoms with Crippen LogP contribution in [0.25, 0.3) is 11.2 Å². The first kappa shape index (κ1) is 8.53. The van der Waals surface area contributed by atoms with Crippen LogP contribution < -0.4 is 0 Å². The zero-order valence-corrected chi connectivity index (χ0v) is 11.3. The minimum Gasteiger partial charge on any atom is -0.452 e. The number of benzene rings is 1. The second-order valence-electron chi connectivity index (χ2n) is 2.02. The van der Waals surface area contributed by atoms with Crippen molar-refractivity contribution in [3.8, 4) is 0 Å². The summed E-state index contributed by atoms with van der Waals surface area (Å²) in [7, 11) is 0. The number of rotatable bonds is 0. The van der Waals surface area contributed by atoms with Gasteiger partial charge in [0.05, 0.1) is 17.9 Å². The van der Waals surface area contributed by atoms with E-state index in [1.165, 1.54) is 0 Å². The van der Waals surface area contributed by atoms with E-state index in [0.29, 0.717) is 0 Å². The number of fused-ring (bicyclic) bond motifs is 2. The highest BCUT2D eigenvalue weighted by Gasteiger charge is 2.21. The molecule has 0 amide bonds. The Bertz CT molecular complexity index is 336. The number of halogens is 4. The minimum absolute atomic E-state index is 0.832. The van der Waals surface area contributed by atoms with Crippen molar-refractivity contribution in [1.82, 2.24) is 0 Å². The van der Waals surface area contributed by atoms with Crippen molar-refractivity contribution in [2.75, 3.05) is 0 Å². The molecular formula is C6Br4O. The molecule has 0 radical (unpaired) electrons. The first-order valence-corrected chi connectivity index (χ1v) is 5.84. The topological polar surface area (TPSA) is 13.1 Å². The normalized spacial score (nSPS) is 11.6. The molecule has 1 nitrogen and oxygen atoms in total. The van der Waals surface area contributed by atoms with Crippen molar-refractivity contribution in [3.05, 3.63) is 17.9 Å². The highest BCUT2D eigenvalue weighted by Crippen LogP contribution is 2.47. The Morgan fingerprint density at radius 3 is 1.09 bits per heavy atom. The quantitative estimate of drug-likeness (QED) is 0.565. The lowest BCUT2D eigenvalue weighted by Crippen LogP contribution is -1.68. The van der Waals surface area contributed by atoms with Crippen LogP contribution in [0.2, 0.25) is 0 Å². The van der Waals surface area contributed by atoms with Crippen molar-refractivity contribution in [3.63, 3.8) is 0 Å². The van der Waals surface area contributed by atoms with Gasteiger partial charge in [-0.2, -0.15) is 0 Å². The lowest BCUT2D eigenvalue weighted by Gasteiger charge is -1.91. The Labute approximate surface area is 96.4 Å². The van der Waals surface area contributed by atoms with Crippen molar-refractivity contribution in [1.29, 1.82) is 0 Å². The molecule has 0 saturated heterocycles. The van der Waals surface area contributed by atoms with Gasteiger partial charge in [-0.3, -0.25) is 0 Å². The molecule has 0 fully saturated rings. The molecule has 58 valence electrons. The van der Waals surface area contributed by atoms with Gasteiger partial charge < -0.3 is 4.42 Å². The molecule has 0 aliphatic rings. The van der Waals surface area contributed by atoms with Crippen LogP contribution in [-0.2, 0) is 0 Å². The van der Waals surface area contributed by atoms with E-state index >= 15 is 0 Å². The van der Waals surface area contributed by atoms with Gasteiger partial charge in [0.15, 0.2) is 11.2 Å². The second-order valence-corrected chi connectivity index (χ2v) is 5.19. The van der Waals surface area contributed by atoms with Gasteiger partial charge in [0.1, 0.15) is 0 Å². The monoisotopic (exact) mass is 404 g/mol. The van der Waals surface area contributed by atoms with Crippen molar-refractivity contribution in [2.45, 2.75) is 0 Å². The van der Waals surface area contributed by atoms with Gasteiger partial charge in [-0.05, 0) is 63.7 Å². The smallest absolute Gasteiger partial charge is 0.158 e. The first-order chi connectivity index (χ1) is 5.13. The fraction of sp³-hybridized carbons (Fsp3) is 0. The Hall–Kier alpha value is 0.940. The first-order valence-electron chi connectivity index (χ1n) is 2.66. The molecule has 2 bridgehead atoms. The molecule has 5 heteroatoms. The largest absolute Gasteiger partial charge is 0.452 e. The summed E-state index contributed by atoms with van der Waals surface area (Å²) in [5.74, 6) is 0. The molecule has 0 atom stereocenters. The van der Waals surface area contributed by atoms with Gasteiger partial charge in [0, 0.05) is 0 Å². The Morgan fingerprint density at radius 2 is 0.909 bits per heavy atom. The van der Waals surface area contributed by atoms with Gasteiger partial charge in [-0.15, -0.1) is 0 Å². The average molecular weight is 408 g/mol. The van der Waals surface area contributed by atoms with Crippen molar-refractivity contribution >= 4 is 74.9 Å². The summed E-state index contributed by atoms with van der Waals surface area (Å²) in [6.07, 6.45) is 0. The third-order valence-electron chi connectivity index (χ3n) is 1.39. The van der Waals surface area contributed by atoms with Crippen LogP contribution in [-0.4, -0.2) is 0 Å². The highest BCUT2D eigenvalue weighted by atomic mass is 79.9. The minimum atomic E-state index is 0.832. The fourth-order valence-electron chi connectivity index (χ4n) is 0.873. The molecule has 2 aromatic rings. The van der Waals surface area contributed by atoms with Gasteiger partial charge in [0.2, 0.25) is 0 Å². The molecule has 0 spiro atoms. The molecule has 2 rings (SSSR count). The lowest BCUT2D eigenvalue weighted by atomic mass is 10.4. The average Bonchev–Trinajstić information content (AvgIpc) is 2.40. The second kappa shape index (κ2) is 2.72. The van der Waals surface area contributed by atoms with E-state index in [2.05, 4.69) is 63.7 Å². The summed E-state index contributed by atoms with van der Waals surface area (Å²) in [4.78, 5) is 0. The number of furan rings is 2. The molecule has 0 aromatic carbocycles. The summed E-state index contributed by atoms with van der Waals surface area (Å²) >= 11 is 13.6. The Balaban J connectivity index is 2.98. The maximum Gasteiger partial charge on any atom is 0.158 e. The summed E-state index contributed by atoms with van der Waals surface area (Å²) in [6, 6.07) is 0. The van der Waals surface area contributed by atoms with E-state index in [1.54, 1.807) is 0 Å². The molecule has 2 heterocycles. The van der Waals surface area contributed by atoms with E-state index in [-0.39, 0.29) is 0 Å². The summed E-state index contributed by atoms with van der Waals surface area (Å²) in [5.41, 5.74) is 1.66. The molecule has 0 unspecified atom stereocenters. The molecule has 11 heavy (non-hydrogen) atoms. The zero-order valence-electron chi connectivity index (χ0n) is 4.92. The van der Waals surface area contributed by atoms with E-state index in [4.69, 9.17) is 4.42 Å².